The number of nitrogens with zero attached hydrogens (tertiary/aromatic N) is 2. The number of amides is 4. The number of benzene rings is 1. The molecule has 9 nitrogen and oxygen atoms in total. The molecule has 1 fully saturated rings. The van der Waals surface area contributed by atoms with E-state index in [9.17, 15) is 28.8 Å². The minimum atomic E-state index is -1.20. The Labute approximate surface area is 140 Å². The third-order valence-electron chi connectivity index (χ3n) is 3.64. The highest BCUT2D eigenvalue weighted by Crippen LogP contribution is 2.28. The van der Waals surface area contributed by atoms with Crippen LogP contribution in [0.15, 0.2) is 30.4 Å². The lowest BCUT2D eigenvalue weighted by molar-refractivity contribution is -0.172. The number of anilines is 1. The van der Waals surface area contributed by atoms with E-state index in [1.54, 1.807) is 0 Å². The van der Waals surface area contributed by atoms with Crippen LogP contribution in [0.2, 0.25) is 0 Å². The lowest BCUT2D eigenvalue weighted by Gasteiger charge is -2.20. The maximum atomic E-state index is 12.5. The van der Waals surface area contributed by atoms with Crippen LogP contribution in [0.5, 0.6) is 0 Å². The van der Waals surface area contributed by atoms with Crippen molar-refractivity contribution in [2.24, 2.45) is 0 Å². The first kappa shape index (κ1) is 16.2. The number of hydrogen-bond donors (Lipinski definition) is 0. The molecule has 25 heavy (non-hydrogen) atoms. The van der Waals surface area contributed by atoms with Crippen molar-refractivity contribution in [1.82, 2.24) is 5.06 Å². The summed E-state index contributed by atoms with van der Waals surface area (Å²) in [4.78, 5) is 76.1. The Balaban J connectivity index is 2.02. The summed E-state index contributed by atoms with van der Waals surface area (Å²) in [6.07, 6.45) is 2.17. The minimum Gasteiger partial charge on any atom is -0.325 e. The van der Waals surface area contributed by atoms with Crippen molar-refractivity contribution in [1.29, 1.82) is 0 Å². The highest BCUT2D eigenvalue weighted by Gasteiger charge is 2.36. The molecule has 3 rings (SSSR count). The van der Waals surface area contributed by atoms with Gasteiger partial charge in [0.2, 0.25) is 0 Å². The van der Waals surface area contributed by atoms with Gasteiger partial charge in [0.05, 0.1) is 11.3 Å². The summed E-state index contributed by atoms with van der Waals surface area (Å²) in [7, 11) is 0. The number of hydroxylamine groups is 2. The molecule has 0 N–H and O–H groups in total. The van der Waals surface area contributed by atoms with Gasteiger partial charge >= 0.3 is 5.97 Å². The molecule has 0 radical (unpaired) electrons. The number of carbonyl (C=O) groups is 6. The molecule has 9 heteroatoms. The molecule has 0 bridgehead atoms. The van der Waals surface area contributed by atoms with E-state index in [0.29, 0.717) is 16.2 Å². The first-order chi connectivity index (χ1) is 11.9. The van der Waals surface area contributed by atoms with Crippen LogP contribution in [0.1, 0.15) is 33.6 Å². The molecule has 1 saturated heterocycles. The summed E-state index contributed by atoms with van der Waals surface area (Å²) in [5.74, 6) is -3.99. The molecule has 2 heterocycles. The average Bonchev–Trinajstić information content (AvgIpc) is 3.09. The lowest BCUT2D eigenvalue weighted by Crippen LogP contribution is -2.35. The Hall–Kier alpha value is -3.62. The molecule has 0 aromatic heterocycles. The molecule has 0 aliphatic carbocycles. The molecular weight excluding hydrogens is 332 g/mol. The van der Waals surface area contributed by atoms with Crippen molar-refractivity contribution in [3.05, 3.63) is 41.5 Å². The van der Waals surface area contributed by atoms with Crippen LogP contribution < -0.4 is 4.90 Å². The Morgan fingerprint density at radius 3 is 2.16 bits per heavy atom. The molecule has 2 aliphatic heterocycles. The van der Waals surface area contributed by atoms with E-state index < -0.39 is 35.2 Å². The second kappa shape index (κ2) is 6.11. The molecule has 0 unspecified atom stereocenters. The van der Waals surface area contributed by atoms with Crippen LogP contribution in [-0.2, 0) is 24.0 Å². The zero-order chi connectivity index (χ0) is 18.1. The molecular formula is C16H10N2O7. The summed E-state index contributed by atoms with van der Waals surface area (Å²) < 4.78 is 0. The normalized spacial score (nSPS) is 16.8. The topological polar surface area (TPSA) is 118 Å². The van der Waals surface area contributed by atoms with Gasteiger partial charge in [-0.3, -0.25) is 24.0 Å². The number of carbonyl (C=O) groups excluding carboxylic acids is 6. The van der Waals surface area contributed by atoms with E-state index in [0.717, 1.165) is 12.2 Å². The van der Waals surface area contributed by atoms with Gasteiger partial charge in [-0.2, -0.15) is 0 Å². The SMILES string of the molecule is O=Cc1cccc(N2C(=O)C=CC2=O)c1C(=O)ON1C(=O)CCC1=O. The third-order valence-corrected chi connectivity index (χ3v) is 3.64. The molecule has 126 valence electrons. The fourth-order valence-electron chi connectivity index (χ4n) is 2.49. The van der Waals surface area contributed by atoms with Crippen LogP contribution in [0.25, 0.3) is 0 Å². The Kier molecular flexibility index (Phi) is 3.97. The number of aldehydes is 1. The van der Waals surface area contributed by atoms with E-state index in [1.807, 2.05) is 0 Å². The summed E-state index contributed by atoms with van der Waals surface area (Å²) >= 11 is 0. The van der Waals surface area contributed by atoms with Crippen LogP contribution in [0.4, 0.5) is 5.69 Å². The second-order valence-electron chi connectivity index (χ2n) is 5.17. The van der Waals surface area contributed by atoms with E-state index in [1.165, 1.54) is 18.2 Å². The minimum absolute atomic E-state index is 0.0959. The van der Waals surface area contributed by atoms with Crippen molar-refractivity contribution in [3.8, 4) is 0 Å². The molecule has 0 spiro atoms. The van der Waals surface area contributed by atoms with Crippen LogP contribution in [-0.4, -0.2) is 40.9 Å². The highest BCUT2D eigenvalue weighted by molar-refractivity contribution is 6.29. The van der Waals surface area contributed by atoms with Gasteiger partial charge in [-0.25, -0.2) is 9.69 Å². The summed E-state index contributed by atoms with van der Waals surface area (Å²) in [6.45, 7) is 0. The number of rotatable bonds is 4. The predicted octanol–water partition coefficient (Wildman–Crippen LogP) is 0.149. The standard InChI is InChI=1S/C16H10N2O7/c19-8-9-2-1-3-10(17-11(20)4-5-12(17)21)15(9)16(24)25-18-13(22)6-7-14(18)23/h1-5,8H,6-7H2. The van der Waals surface area contributed by atoms with Gasteiger partial charge < -0.3 is 4.84 Å². The molecule has 4 amide bonds. The van der Waals surface area contributed by atoms with E-state index in [-0.39, 0.29) is 24.1 Å². The van der Waals surface area contributed by atoms with Gasteiger partial charge in [-0.15, -0.1) is 5.06 Å². The Bertz CT molecular complexity index is 837. The second-order valence-corrected chi connectivity index (χ2v) is 5.17. The molecule has 2 aliphatic rings. The Morgan fingerprint density at radius 1 is 1.00 bits per heavy atom. The predicted molar refractivity (Wildman–Crippen MR) is 80.0 cm³/mol. The third kappa shape index (κ3) is 2.71. The lowest BCUT2D eigenvalue weighted by atomic mass is 10.1. The average molecular weight is 342 g/mol. The molecule has 1 aromatic carbocycles. The number of imide groups is 2. The molecule has 1 aromatic rings. The van der Waals surface area contributed by atoms with Gasteiger partial charge in [-0.05, 0) is 6.07 Å². The maximum Gasteiger partial charge on any atom is 0.366 e. The van der Waals surface area contributed by atoms with E-state index in [4.69, 9.17) is 4.84 Å². The first-order valence-electron chi connectivity index (χ1n) is 7.16. The first-order valence-corrected chi connectivity index (χ1v) is 7.16. The van der Waals surface area contributed by atoms with Crippen molar-refractivity contribution in [2.75, 3.05) is 4.90 Å². The van der Waals surface area contributed by atoms with Crippen molar-refractivity contribution < 1.29 is 33.6 Å². The smallest absolute Gasteiger partial charge is 0.325 e. The zero-order valence-electron chi connectivity index (χ0n) is 12.6. The van der Waals surface area contributed by atoms with Gasteiger partial charge in [0.25, 0.3) is 23.6 Å². The number of hydrogen-bond acceptors (Lipinski definition) is 7. The van der Waals surface area contributed by atoms with Gasteiger partial charge in [0.15, 0.2) is 6.29 Å². The van der Waals surface area contributed by atoms with Crippen LogP contribution in [0, 0.1) is 0 Å². The van der Waals surface area contributed by atoms with Crippen LogP contribution >= 0.6 is 0 Å². The van der Waals surface area contributed by atoms with Gasteiger partial charge in [0, 0.05) is 30.6 Å². The summed E-state index contributed by atoms with van der Waals surface area (Å²) in [5, 5.41) is 0.319. The fourth-order valence-corrected chi connectivity index (χ4v) is 2.49. The fraction of sp³-hybridized carbons (Fsp3) is 0.125. The van der Waals surface area contributed by atoms with Crippen LogP contribution in [0.3, 0.4) is 0 Å². The summed E-state index contributed by atoms with van der Waals surface area (Å²) in [5.41, 5.74) is -0.724. The zero-order valence-corrected chi connectivity index (χ0v) is 12.6. The quantitative estimate of drug-likeness (QED) is 0.564. The Morgan fingerprint density at radius 2 is 1.60 bits per heavy atom. The largest absolute Gasteiger partial charge is 0.366 e. The van der Waals surface area contributed by atoms with E-state index in [2.05, 4.69) is 0 Å². The monoisotopic (exact) mass is 342 g/mol. The molecule has 0 atom stereocenters. The van der Waals surface area contributed by atoms with Crippen molar-refractivity contribution in [3.63, 3.8) is 0 Å². The van der Waals surface area contributed by atoms with Crippen molar-refractivity contribution >= 4 is 41.6 Å². The van der Waals surface area contributed by atoms with Gasteiger partial charge in [0.1, 0.15) is 0 Å². The van der Waals surface area contributed by atoms with Gasteiger partial charge in [-0.1, -0.05) is 12.1 Å². The molecule has 0 saturated carbocycles. The highest BCUT2D eigenvalue weighted by atomic mass is 16.7. The maximum absolute atomic E-state index is 12.5. The van der Waals surface area contributed by atoms with Crippen molar-refractivity contribution in [2.45, 2.75) is 12.8 Å². The van der Waals surface area contributed by atoms with E-state index >= 15 is 0 Å². The summed E-state index contributed by atoms with van der Waals surface area (Å²) in [6, 6.07) is 3.93.